The van der Waals surface area contributed by atoms with Crippen LogP contribution in [-0.2, 0) is 6.54 Å². The monoisotopic (exact) mass is 255 g/mol. The van der Waals surface area contributed by atoms with Gasteiger partial charge in [0.05, 0.1) is 17.0 Å². The van der Waals surface area contributed by atoms with Gasteiger partial charge in [0, 0.05) is 18.3 Å². The van der Waals surface area contributed by atoms with Gasteiger partial charge in [-0.2, -0.15) is 0 Å². The van der Waals surface area contributed by atoms with Gasteiger partial charge < -0.3 is 18.9 Å². The van der Waals surface area contributed by atoms with Crippen molar-refractivity contribution in [3.8, 4) is 0 Å². The number of aromatic carboxylic acids is 1. The summed E-state index contributed by atoms with van der Waals surface area (Å²) in [7, 11) is 0. The summed E-state index contributed by atoms with van der Waals surface area (Å²) in [6.45, 7) is 2.41. The summed E-state index contributed by atoms with van der Waals surface area (Å²) < 4.78 is 3.23. The van der Waals surface area contributed by atoms with Gasteiger partial charge in [-0.15, -0.1) is 0 Å². The maximum absolute atomic E-state index is 12.3. The van der Waals surface area contributed by atoms with E-state index in [0.717, 1.165) is 11.0 Å². The van der Waals surface area contributed by atoms with Gasteiger partial charge in [0.2, 0.25) is 0 Å². The maximum atomic E-state index is 12.3. The zero-order valence-corrected chi connectivity index (χ0v) is 10.3. The van der Waals surface area contributed by atoms with Crippen LogP contribution in [0.4, 0.5) is 0 Å². The number of rotatable bonds is 2. The van der Waals surface area contributed by atoms with Gasteiger partial charge in [-0.05, 0) is 25.1 Å². The number of carboxylic acid groups (broad SMARTS) is 1. The fraction of sp³-hybridized carbons (Fsp3) is 0.143. The zero-order chi connectivity index (χ0) is 13.6. The Morgan fingerprint density at radius 2 is 1.89 bits per heavy atom. The van der Waals surface area contributed by atoms with E-state index >= 15 is 0 Å². The quantitative estimate of drug-likeness (QED) is 0.674. The van der Waals surface area contributed by atoms with Gasteiger partial charge in [-0.3, -0.25) is 4.79 Å². The van der Waals surface area contributed by atoms with E-state index in [1.807, 2.05) is 31.2 Å². The van der Waals surface area contributed by atoms with Gasteiger partial charge in [0.15, 0.2) is 0 Å². The number of carbonyl (C=O) groups is 1. The lowest BCUT2D eigenvalue weighted by Crippen LogP contribution is -2.21. The number of hydrogen-bond acceptors (Lipinski definition) is 3. The zero-order valence-electron chi connectivity index (χ0n) is 10.3. The van der Waals surface area contributed by atoms with Crippen LogP contribution < -0.4 is 10.7 Å². The van der Waals surface area contributed by atoms with Crippen LogP contribution >= 0.6 is 0 Å². The molecule has 0 saturated carbocycles. The molecule has 0 unspecified atom stereocenters. The standard InChI is InChI=1S/C14H12N2O3/c1-2-15-10-5-3-4-6-11(10)16-8-9(14(18)19)7-12(16)13(15)17/h3-8H,2H2,1H3,(H,18,19)/p-1. The Labute approximate surface area is 108 Å². The molecule has 19 heavy (non-hydrogen) atoms. The van der Waals surface area contributed by atoms with Gasteiger partial charge in [0.1, 0.15) is 5.52 Å². The summed E-state index contributed by atoms with van der Waals surface area (Å²) in [6.07, 6.45) is 1.42. The molecule has 0 amide bonds. The summed E-state index contributed by atoms with van der Waals surface area (Å²) in [4.78, 5) is 23.3. The van der Waals surface area contributed by atoms with Crippen LogP contribution in [0.2, 0.25) is 0 Å². The largest absolute Gasteiger partial charge is 0.545 e. The second-order valence-electron chi connectivity index (χ2n) is 4.31. The van der Waals surface area contributed by atoms with Gasteiger partial charge in [-0.1, -0.05) is 12.1 Å². The molecule has 2 aromatic heterocycles. The molecule has 0 spiro atoms. The number of nitrogens with zero attached hydrogens (tertiary/aromatic N) is 2. The highest BCUT2D eigenvalue weighted by molar-refractivity contribution is 5.89. The first kappa shape index (κ1) is 11.5. The van der Waals surface area contributed by atoms with Crippen LogP contribution in [0.3, 0.4) is 0 Å². The molecule has 0 aliphatic rings. The molecule has 0 atom stereocenters. The molecule has 0 aliphatic carbocycles. The molecular weight excluding hydrogens is 244 g/mol. The van der Waals surface area contributed by atoms with Crippen LogP contribution in [0.15, 0.2) is 41.3 Å². The number of benzene rings is 1. The highest BCUT2D eigenvalue weighted by atomic mass is 16.4. The van der Waals surface area contributed by atoms with Crippen LogP contribution in [0, 0.1) is 0 Å². The van der Waals surface area contributed by atoms with Crippen LogP contribution in [-0.4, -0.2) is 14.9 Å². The Balaban J connectivity index is 2.59. The fourth-order valence-electron chi connectivity index (χ4n) is 2.40. The van der Waals surface area contributed by atoms with Crippen molar-refractivity contribution >= 4 is 22.5 Å². The highest BCUT2D eigenvalue weighted by Crippen LogP contribution is 2.16. The minimum Gasteiger partial charge on any atom is -0.545 e. The second kappa shape index (κ2) is 3.98. The Hall–Kier alpha value is -2.56. The number of para-hydroxylation sites is 2. The van der Waals surface area contributed by atoms with Gasteiger partial charge in [-0.25, -0.2) is 0 Å². The molecule has 96 valence electrons. The molecule has 2 heterocycles. The van der Waals surface area contributed by atoms with Crippen molar-refractivity contribution < 1.29 is 9.90 Å². The van der Waals surface area contributed by atoms with E-state index in [0.29, 0.717) is 12.1 Å². The number of aryl methyl sites for hydroxylation is 1. The molecular formula is C14H11N2O3-. The van der Waals surface area contributed by atoms with E-state index in [2.05, 4.69) is 0 Å². The summed E-state index contributed by atoms with van der Waals surface area (Å²) >= 11 is 0. The molecule has 5 heteroatoms. The topological polar surface area (TPSA) is 66.5 Å². The smallest absolute Gasteiger partial charge is 0.275 e. The maximum Gasteiger partial charge on any atom is 0.275 e. The normalized spacial score (nSPS) is 11.2. The Morgan fingerprint density at radius 1 is 1.21 bits per heavy atom. The summed E-state index contributed by atoms with van der Waals surface area (Å²) in [5.74, 6) is -1.28. The first-order chi connectivity index (χ1) is 9.13. The van der Waals surface area contributed by atoms with Crippen molar-refractivity contribution in [1.82, 2.24) is 8.97 Å². The predicted molar refractivity (Wildman–Crippen MR) is 69.2 cm³/mol. The predicted octanol–water partition coefficient (Wildman–Crippen LogP) is 0.638. The minimum atomic E-state index is -1.28. The number of aromatic nitrogens is 2. The summed E-state index contributed by atoms with van der Waals surface area (Å²) in [6, 6.07) is 8.76. The molecule has 1 aromatic carbocycles. The molecule has 0 bridgehead atoms. The number of carboxylic acids is 1. The van der Waals surface area contributed by atoms with Crippen molar-refractivity contribution in [2.24, 2.45) is 0 Å². The first-order valence-corrected chi connectivity index (χ1v) is 5.98. The molecule has 0 N–H and O–H groups in total. The van der Waals surface area contributed by atoms with E-state index in [1.165, 1.54) is 12.3 Å². The van der Waals surface area contributed by atoms with Crippen LogP contribution in [0.25, 0.3) is 16.6 Å². The van der Waals surface area contributed by atoms with E-state index in [9.17, 15) is 14.7 Å². The Kier molecular flexibility index (Phi) is 2.41. The molecule has 0 aliphatic heterocycles. The van der Waals surface area contributed by atoms with E-state index in [-0.39, 0.29) is 11.1 Å². The third-order valence-corrected chi connectivity index (χ3v) is 3.27. The Bertz CT molecular complexity index is 858. The Morgan fingerprint density at radius 3 is 2.53 bits per heavy atom. The first-order valence-electron chi connectivity index (χ1n) is 5.98. The van der Waals surface area contributed by atoms with E-state index in [4.69, 9.17) is 0 Å². The summed E-state index contributed by atoms with van der Waals surface area (Å²) in [5, 5.41) is 10.9. The molecule has 5 nitrogen and oxygen atoms in total. The molecule has 0 fully saturated rings. The van der Waals surface area contributed by atoms with Crippen LogP contribution in [0.5, 0.6) is 0 Å². The van der Waals surface area contributed by atoms with Crippen LogP contribution in [0.1, 0.15) is 17.3 Å². The SMILES string of the molecule is CCn1c(=O)c2cc(C(=O)[O-])cn2c2ccccc21. The number of hydrogen-bond donors (Lipinski definition) is 0. The third-order valence-electron chi connectivity index (χ3n) is 3.27. The van der Waals surface area contributed by atoms with Gasteiger partial charge >= 0.3 is 0 Å². The van der Waals surface area contributed by atoms with Crippen molar-refractivity contribution in [2.45, 2.75) is 13.5 Å². The lowest BCUT2D eigenvalue weighted by atomic mass is 10.3. The average Bonchev–Trinajstić information content (AvgIpc) is 2.85. The lowest BCUT2D eigenvalue weighted by molar-refractivity contribution is -0.255. The molecule has 3 rings (SSSR count). The van der Waals surface area contributed by atoms with Crippen molar-refractivity contribution in [2.75, 3.05) is 0 Å². The molecule has 3 aromatic rings. The number of carbonyl (C=O) groups excluding carboxylic acids is 1. The third kappa shape index (κ3) is 1.55. The van der Waals surface area contributed by atoms with Crippen molar-refractivity contribution in [1.29, 1.82) is 0 Å². The second-order valence-corrected chi connectivity index (χ2v) is 4.31. The van der Waals surface area contributed by atoms with E-state index in [1.54, 1.807) is 8.97 Å². The average molecular weight is 255 g/mol. The lowest BCUT2D eigenvalue weighted by Gasteiger charge is -2.09. The molecule has 0 radical (unpaired) electrons. The van der Waals surface area contributed by atoms with E-state index < -0.39 is 5.97 Å². The van der Waals surface area contributed by atoms with Crippen molar-refractivity contribution in [3.63, 3.8) is 0 Å². The van der Waals surface area contributed by atoms with Crippen molar-refractivity contribution in [3.05, 3.63) is 52.4 Å². The highest BCUT2D eigenvalue weighted by Gasteiger charge is 2.11. The molecule has 0 saturated heterocycles. The number of fused-ring (bicyclic) bond motifs is 3. The van der Waals surface area contributed by atoms with Gasteiger partial charge in [0.25, 0.3) is 5.56 Å². The summed E-state index contributed by atoms with van der Waals surface area (Å²) in [5.41, 5.74) is 1.74. The fourth-order valence-corrected chi connectivity index (χ4v) is 2.40. The minimum absolute atomic E-state index is 0.0103.